The number of carbonyl (C=O) groups is 1. The first kappa shape index (κ1) is 19.3. The molecule has 2 N–H and O–H groups in total. The lowest BCUT2D eigenvalue weighted by molar-refractivity contribution is 0.0834. The molecule has 0 aromatic carbocycles. The lowest BCUT2D eigenvalue weighted by atomic mass is 9.93. The summed E-state index contributed by atoms with van der Waals surface area (Å²) in [4.78, 5) is 16.1. The van der Waals surface area contributed by atoms with Crippen LogP contribution in [0.4, 0.5) is 0 Å². The molecular weight excluding hydrogens is 350 g/mol. The topological polar surface area (TPSA) is 107 Å². The van der Waals surface area contributed by atoms with Gasteiger partial charge in [-0.25, -0.2) is 4.98 Å². The Morgan fingerprint density at radius 2 is 2.19 bits per heavy atom. The Hall–Kier alpha value is -2.45. The van der Waals surface area contributed by atoms with E-state index in [4.69, 9.17) is 14.0 Å². The fraction of sp³-hybridized carbons (Fsp3) is 0.526. The summed E-state index contributed by atoms with van der Waals surface area (Å²) in [6.07, 6.45) is 2.70. The molecule has 1 unspecified atom stereocenters. The van der Waals surface area contributed by atoms with Gasteiger partial charge in [-0.3, -0.25) is 4.79 Å². The quantitative estimate of drug-likeness (QED) is 0.762. The molecule has 0 spiro atoms. The molecule has 1 aliphatic heterocycles. The van der Waals surface area contributed by atoms with Crippen molar-refractivity contribution in [3.05, 3.63) is 40.9 Å². The number of hydrogen-bond acceptors (Lipinski definition) is 7. The number of ether oxygens (including phenoxy) is 2. The number of aromatic nitrogens is 2. The minimum Gasteiger partial charge on any atom is -0.473 e. The predicted octanol–water partition coefficient (Wildman–Crippen LogP) is 1.96. The predicted molar refractivity (Wildman–Crippen MR) is 96.6 cm³/mol. The van der Waals surface area contributed by atoms with Crippen molar-refractivity contribution in [3.8, 4) is 5.88 Å². The largest absolute Gasteiger partial charge is 0.473 e. The molecule has 8 heteroatoms. The lowest BCUT2D eigenvalue weighted by Gasteiger charge is -2.20. The summed E-state index contributed by atoms with van der Waals surface area (Å²) >= 11 is 0. The highest BCUT2D eigenvalue weighted by atomic mass is 16.5. The number of nitrogens with one attached hydrogen (secondary N) is 1. The fourth-order valence-electron chi connectivity index (χ4n) is 2.96. The monoisotopic (exact) mass is 375 g/mol. The summed E-state index contributed by atoms with van der Waals surface area (Å²) in [5, 5.41) is 16.1. The highest BCUT2D eigenvalue weighted by molar-refractivity contribution is 5.93. The van der Waals surface area contributed by atoms with Gasteiger partial charge in [-0.1, -0.05) is 5.16 Å². The van der Waals surface area contributed by atoms with Crippen molar-refractivity contribution < 1.29 is 23.9 Å². The number of aliphatic hydroxyl groups excluding tert-OH is 1. The first-order chi connectivity index (χ1) is 13.0. The maximum absolute atomic E-state index is 11.9. The number of aryl methyl sites for hydroxylation is 1. The van der Waals surface area contributed by atoms with Gasteiger partial charge in [-0.05, 0) is 32.8 Å². The van der Waals surface area contributed by atoms with Gasteiger partial charge in [0.2, 0.25) is 5.88 Å². The third-order valence-electron chi connectivity index (χ3n) is 4.54. The third-order valence-corrected chi connectivity index (χ3v) is 4.54. The van der Waals surface area contributed by atoms with Crippen molar-refractivity contribution in [2.45, 2.75) is 45.3 Å². The van der Waals surface area contributed by atoms with Gasteiger partial charge in [-0.15, -0.1) is 0 Å². The summed E-state index contributed by atoms with van der Waals surface area (Å²) in [7, 11) is 0. The van der Waals surface area contributed by atoms with Crippen molar-refractivity contribution in [1.82, 2.24) is 15.5 Å². The van der Waals surface area contributed by atoms with E-state index >= 15 is 0 Å². The summed E-state index contributed by atoms with van der Waals surface area (Å²) in [6.45, 7) is 5.45. The van der Waals surface area contributed by atoms with Crippen LogP contribution in [0, 0.1) is 6.92 Å². The van der Waals surface area contributed by atoms with Gasteiger partial charge in [0.1, 0.15) is 12.4 Å². The number of amides is 1. The van der Waals surface area contributed by atoms with E-state index in [1.807, 2.05) is 6.92 Å². The molecule has 0 radical (unpaired) electrons. The number of nitrogens with zero attached hydrogens (tertiary/aromatic N) is 2. The Bertz CT molecular complexity index is 751. The van der Waals surface area contributed by atoms with Gasteiger partial charge in [0.25, 0.3) is 5.91 Å². The van der Waals surface area contributed by atoms with Crippen molar-refractivity contribution in [2.75, 3.05) is 19.8 Å². The average Bonchev–Trinajstić information content (AvgIpc) is 3.06. The minimum absolute atomic E-state index is 0.193. The summed E-state index contributed by atoms with van der Waals surface area (Å²) < 4.78 is 16.6. The Labute approximate surface area is 157 Å². The van der Waals surface area contributed by atoms with E-state index in [1.54, 1.807) is 19.1 Å². The molecular formula is C19H25N3O5. The average molecular weight is 375 g/mol. The normalized spacial score (nSPS) is 16.1. The second kappa shape index (κ2) is 8.96. The van der Waals surface area contributed by atoms with Crippen LogP contribution >= 0.6 is 0 Å². The molecule has 2 aromatic heterocycles. The van der Waals surface area contributed by atoms with Crippen LogP contribution in [0.25, 0.3) is 0 Å². The van der Waals surface area contributed by atoms with E-state index in [2.05, 4.69) is 15.5 Å². The Balaban J connectivity index is 1.60. The number of aliphatic hydroxyl groups is 1. The Morgan fingerprint density at radius 3 is 2.85 bits per heavy atom. The maximum Gasteiger partial charge on any atom is 0.252 e. The molecule has 0 saturated carbocycles. The standard InChI is InChI=1S/C19H25N3O5/c1-12(23)9-21-19(24)15-3-4-17(20-10-15)26-11-16-13(2)27-22-18(16)14-5-7-25-8-6-14/h3-4,10,12,14,23H,5-9,11H2,1-2H3,(H,21,24). The Morgan fingerprint density at radius 1 is 1.41 bits per heavy atom. The second-order valence-corrected chi connectivity index (χ2v) is 6.72. The van der Waals surface area contributed by atoms with Gasteiger partial charge in [0.05, 0.1) is 22.9 Å². The number of pyridine rings is 1. The number of rotatable bonds is 7. The van der Waals surface area contributed by atoms with Gasteiger partial charge in [-0.2, -0.15) is 0 Å². The zero-order valence-electron chi connectivity index (χ0n) is 15.6. The van der Waals surface area contributed by atoms with Gasteiger partial charge in [0, 0.05) is 37.9 Å². The number of carbonyl (C=O) groups excluding carboxylic acids is 1. The smallest absolute Gasteiger partial charge is 0.252 e. The van der Waals surface area contributed by atoms with Crippen molar-refractivity contribution in [2.24, 2.45) is 0 Å². The summed E-state index contributed by atoms with van der Waals surface area (Å²) in [5.74, 6) is 1.19. The molecule has 27 heavy (non-hydrogen) atoms. The molecule has 3 rings (SSSR count). The second-order valence-electron chi connectivity index (χ2n) is 6.72. The van der Waals surface area contributed by atoms with E-state index in [1.165, 1.54) is 6.20 Å². The van der Waals surface area contributed by atoms with Crippen LogP contribution in [0.3, 0.4) is 0 Å². The fourth-order valence-corrected chi connectivity index (χ4v) is 2.96. The highest BCUT2D eigenvalue weighted by Gasteiger charge is 2.24. The van der Waals surface area contributed by atoms with Crippen LogP contribution < -0.4 is 10.1 Å². The van der Waals surface area contributed by atoms with Crippen molar-refractivity contribution in [3.63, 3.8) is 0 Å². The maximum atomic E-state index is 11.9. The SMILES string of the molecule is Cc1onc(C2CCOCC2)c1COc1ccc(C(=O)NCC(C)O)cn1. The van der Waals surface area contributed by atoms with E-state index in [0.29, 0.717) is 24.0 Å². The van der Waals surface area contributed by atoms with Crippen LogP contribution in [0.1, 0.15) is 53.1 Å². The summed E-state index contributed by atoms with van der Waals surface area (Å²) in [5.41, 5.74) is 2.29. The number of hydrogen-bond donors (Lipinski definition) is 2. The highest BCUT2D eigenvalue weighted by Crippen LogP contribution is 2.30. The zero-order valence-corrected chi connectivity index (χ0v) is 15.6. The lowest BCUT2D eigenvalue weighted by Crippen LogP contribution is -2.30. The molecule has 1 atom stereocenters. The molecule has 1 fully saturated rings. The van der Waals surface area contributed by atoms with Gasteiger partial charge < -0.3 is 24.4 Å². The van der Waals surface area contributed by atoms with Gasteiger partial charge in [0.15, 0.2) is 0 Å². The molecule has 1 amide bonds. The molecule has 1 aliphatic rings. The van der Waals surface area contributed by atoms with Crippen LogP contribution in [0.2, 0.25) is 0 Å². The minimum atomic E-state index is -0.596. The van der Waals surface area contributed by atoms with E-state index in [-0.39, 0.29) is 12.5 Å². The molecule has 8 nitrogen and oxygen atoms in total. The van der Waals surface area contributed by atoms with Crippen molar-refractivity contribution >= 4 is 5.91 Å². The van der Waals surface area contributed by atoms with E-state index < -0.39 is 6.10 Å². The summed E-state index contributed by atoms with van der Waals surface area (Å²) in [6, 6.07) is 3.29. The van der Waals surface area contributed by atoms with Crippen molar-refractivity contribution in [1.29, 1.82) is 0 Å². The van der Waals surface area contributed by atoms with Gasteiger partial charge >= 0.3 is 0 Å². The van der Waals surface area contributed by atoms with Crippen LogP contribution in [-0.4, -0.2) is 47.0 Å². The van der Waals surface area contributed by atoms with Crippen LogP contribution in [-0.2, 0) is 11.3 Å². The first-order valence-corrected chi connectivity index (χ1v) is 9.12. The van der Waals surface area contributed by atoms with Crippen LogP contribution in [0.5, 0.6) is 5.88 Å². The molecule has 146 valence electrons. The van der Waals surface area contributed by atoms with Crippen LogP contribution in [0.15, 0.2) is 22.9 Å². The molecule has 0 aliphatic carbocycles. The third kappa shape index (κ3) is 5.05. The zero-order chi connectivity index (χ0) is 19.2. The molecule has 0 bridgehead atoms. The Kier molecular flexibility index (Phi) is 6.41. The van der Waals surface area contributed by atoms with E-state index in [9.17, 15) is 9.90 Å². The molecule has 2 aromatic rings. The molecule has 3 heterocycles. The first-order valence-electron chi connectivity index (χ1n) is 9.12. The van der Waals surface area contributed by atoms with E-state index in [0.717, 1.165) is 43.1 Å². The molecule has 1 saturated heterocycles.